The maximum atomic E-state index is 14.3. The molecule has 0 radical (unpaired) electrons. The molecule has 1 aliphatic heterocycles. The highest BCUT2D eigenvalue weighted by Crippen LogP contribution is 3.02. The number of carbonyl (C=O) groups is 3. The van der Waals surface area contributed by atoms with Crippen molar-refractivity contribution in [2.45, 2.75) is 61.0 Å². The van der Waals surface area contributed by atoms with Crippen LogP contribution in [-0.4, -0.2) is 52.0 Å². The number of likely N-dealkylation sites (tertiary alicyclic amines) is 1. The van der Waals surface area contributed by atoms with Crippen molar-refractivity contribution in [1.29, 1.82) is 5.26 Å². The summed E-state index contributed by atoms with van der Waals surface area (Å²) in [6.45, 7) is -0.488. The Labute approximate surface area is 234 Å². The van der Waals surface area contributed by atoms with Crippen LogP contribution < -0.4 is 10.2 Å². The first-order chi connectivity index (χ1) is 19.3. The Morgan fingerprint density at radius 2 is 1.71 bits per heavy atom. The molecular weight excluding hydrogens is 602 g/mol. The van der Waals surface area contributed by atoms with E-state index < -0.39 is 94.1 Å². The topological polar surface area (TPSA) is 106 Å². The average Bonchev–Trinajstić information content (AvgIpc) is 3.27. The molecule has 1 N–H and O–H groups in total. The third-order valence-electron chi connectivity index (χ3n) is 6.97. The first kappa shape index (κ1) is 31.0. The average molecular weight is 626 g/mol. The molecule has 228 valence electrons. The van der Waals surface area contributed by atoms with Gasteiger partial charge < -0.3 is 5.32 Å². The Balaban J connectivity index is 1.83. The molecule has 17 heteroatoms. The summed E-state index contributed by atoms with van der Waals surface area (Å²) in [5, 5.41) is 11.9. The summed E-state index contributed by atoms with van der Waals surface area (Å²) in [7, 11) is -10.2. The molecule has 2 aliphatic rings. The summed E-state index contributed by atoms with van der Waals surface area (Å²) < 4.78 is 109. The molecule has 1 unspecified atom stereocenters. The molecule has 2 atom stereocenters. The lowest BCUT2D eigenvalue weighted by Crippen LogP contribution is -2.52. The number of nitriles is 1. The van der Waals surface area contributed by atoms with Crippen molar-refractivity contribution in [3.05, 3.63) is 54.1 Å². The zero-order valence-corrected chi connectivity index (χ0v) is 22.3. The summed E-state index contributed by atoms with van der Waals surface area (Å²) in [5.74, 6) is -6.74. The monoisotopic (exact) mass is 625 g/mol. The second-order valence-electron chi connectivity index (χ2n) is 10.1. The van der Waals surface area contributed by atoms with Crippen LogP contribution in [0.15, 0.2) is 47.6 Å². The molecule has 1 aromatic heterocycles. The standard InChI is InChI=1S/C25H23F8N5O3S/c26-16-9-15(11-35-12-16)22(23(40)36-17-5-7-25(27,28)8-6-17)38(24(41)21-10-19(39)13-37(21)14-34)18-1-3-20(4-2-18)42(29,30,31,32)33/h1-4,9,11-12,17,21-22H,5-8,10,13H2,(H,36,40)/t21-,22?/m1/s1. The van der Waals surface area contributed by atoms with E-state index in [4.69, 9.17) is 0 Å². The van der Waals surface area contributed by atoms with Gasteiger partial charge in [0.2, 0.25) is 11.8 Å². The number of alkyl halides is 2. The van der Waals surface area contributed by atoms with Gasteiger partial charge in [0.1, 0.15) is 22.8 Å². The second kappa shape index (κ2) is 10.1. The van der Waals surface area contributed by atoms with Gasteiger partial charge in [-0.05, 0) is 43.2 Å². The number of ketones is 1. The van der Waals surface area contributed by atoms with Crippen LogP contribution in [0.1, 0.15) is 43.7 Å². The van der Waals surface area contributed by atoms with Crippen molar-refractivity contribution in [2.75, 3.05) is 11.4 Å². The smallest absolute Gasteiger partial charge is 0.310 e. The molecule has 2 aromatic rings. The fraction of sp³-hybridized carbons (Fsp3) is 0.400. The highest BCUT2D eigenvalue weighted by Gasteiger charge is 2.65. The minimum atomic E-state index is -10.2. The number of rotatable bonds is 7. The summed E-state index contributed by atoms with van der Waals surface area (Å²) in [6, 6.07) is -2.51. The van der Waals surface area contributed by atoms with E-state index in [1.165, 1.54) is 0 Å². The van der Waals surface area contributed by atoms with E-state index in [1.54, 1.807) is 6.19 Å². The number of aromatic nitrogens is 1. The molecule has 1 aliphatic carbocycles. The molecule has 42 heavy (non-hydrogen) atoms. The fourth-order valence-electron chi connectivity index (χ4n) is 4.90. The highest BCUT2D eigenvalue weighted by molar-refractivity contribution is 8.45. The number of Topliss-reactive ketones (excluding diaryl/α,β-unsaturated/α-hetero) is 1. The van der Waals surface area contributed by atoms with Crippen LogP contribution in [0.3, 0.4) is 0 Å². The fourth-order valence-corrected chi connectivity index (χ4v) is 5.55. The molecule has 1 aromatic carbocycles. The molecule has 2 amide bonds. The lowest BCUT2D eigenvalue weighted by molar-refractivity contribution is -0.129. The highest BCUT2D eigenvalue weighted by atomic mass is 32.5. The minimum absolute atomic E-state index is 0.00103. The second-order valence-corrected chi connectivity index (χ2v) is 12.5. The van der Waals surface area contributed by atoms with Gasteiger partial charge in [0.15, 0.2) is 12.0 Å². The van der Waals surface area contributed by atoms with Gasteiger partial charge in [0.25, 0.3) is 5.91 Å². The van der Waals surface area contributed by atoms with Gasteiger partial charge in [0.05, 0.1) is 12.7 Å². The SMILES string of the molecule is N#CN1CC(=O)C[C@@H]1C(=O)N(c1ccc(S(F)(F)(F)(F)F)cc1)C(C(=O)NC1CCC(F)(F)CC1)c1cncc(F)c1. The van der Waals surface area contributed by atoms with Crippen LogP contribution in [0.4, 0.5) is 38.3 Å². The number of hydrogen-bond acceptors (Lipinski definition) is 6. The van der Waals surface area contributed by atoms with Crippen molar-refractivity contribution < 1.29 is 47.0 Å². The zero-order valence-electron chi connectivity index (χ0n) is 21.5. The van der Waals surface area contributed by atoms with E-state index in [9.17, 15) is 52.2 Å². The van der Waals surface area contributed by atoms with Crippen molar-refractivity contribution in [2.24, 2.45) is 0 Å². The van der Waals surface area contributed by atoms with Crippen LogP contribution in [0.25, 0.3) is 0 Å². The maximum absolute atomic E-state index is 14.3. The molecule has 2 heterocycles. The van der Waals surface area contributed by atoms with Gasteiger partial charge in [-0.2, -0.15) is 5.26 Å². The maximum Gasteiger partial charge on any atom is 0.310 e. The number of nitrogens with zero attached hydrogens (tertiary/aromatic N) is 4. The number of pyridine rings is 1. The number of carbonyl (C=O) groups excluding carboxylic acids is 3. The number of nitrogens with one attached hydrogen (secondary N) is 1. The van der Waals surface area contributed by atoms with Gasteiger partial charge in [-0.1, -0.05) is 19.4 Å². The van der Waals surface area contributed by atoms with Crippen LogP contribution >= 0.6 is 10.2 Å². The van der Waals surface area contributed by atoms with Crippen LogP contribution in [0.2, 0.25) is 0 Å². The summed E-state index contributed by atoms with van der Waals surface area (Å²) in [4.78, 5) is 42.3. The molecular formula is C25H23F8N5O3S. The predicted octanol–water partition coefficient (Wildman–Crippen LogP) is 5.77. The summed E-state index contributed by atoms with van der Waals surface area (Å²) >= 11 is 0. The molecule has 4 rings (SSSR count). The molecule has 1 saturated carbocycles. The van der Waals surface area contributed by atoms with Crippen molar-refractivity contribution >= 4 is 33.5 Å². The lowest BCUT2D eigenvalue weighted by atomic mass is 9.91. The number of hydrogen-bond donors (Lipinski definition) is 1. The first-order valence-electron chi connectivity index (χ1n) is 12.4. The van der Waals surface area contributed by atoms with Gasteiger partial charge in [-0.15, -0.1) is 0 Å². The predicted molar refractivity (Wildman–Crippen MR) is 133 cm³/mol. The number of benzene rings is 1. The number of anilines is 1. The quantitative estimate of drug-likeness (QED) is 0.310. The Hall–Kier alpha value is -3.94. The molecule has 0 bridgehead atoms. The molecule has 8 nitrogen and oxygen atoms in total. The van der Waals surface area contributed by atoms with Crippen molar-refractivity contribution in [3.8, 4) is 6.19 Å². The first-order valence-corrected chi connectivity index (χ1v) is 14.4. The minimum Gasteiger partial charge on any atom is -0.351 e. The Morgan fingerprint density at radius 1 is 1.10 bits per heavy atom. The largest absolute Gasteiger partial charge is 0.351 e. The van der Waals surface area contributed by atoms with Gasteiger partial charge in [-0.25, -0.2) is 13.2 Å². The Kier molecular flexibility index (Phi) is 7.46. The normalized spacial score (nSPS) is 21.5. The zero-order chi connectivity index (χ0) is 31.2. The van der Waals surface area contributed by atoms with E-state index in [0.717, 1.165) is 23.4 Å². The van der Waals surface area contributed by atoms with Crippen LogP contribution in [-0.2, 0) is 14.4 Å². The third kappa shape index (κ3) is 6.92. The van der Waals surface area contributed by atoms with E-state index in [2.05, 4.69) is 10.3 Å². The summed E-state index contributed by atoms with van der Waals surface area (Å²) in [6.07, 6.45) is 1.36. The van der Waals surface area contributed by atoms with Crippen molar-refractivity contribution in [1.82, 2.24) is 15.2 Å². The van der Waals surface area contributed by atoms with Gasteiger partial charge in [0, 0.05) is 42.8 Å². The molecule has 1 saturated heterocycles. The lowest BCUT2D eigenvalue weighted by Gasteiger charge is -2.41. The van der Waals surface area contributed by atoms with Gasteiger partial charge >= 0.3 is 10.2 Å². The molecule has 0 spiro atoms. The van der Waals surface area contributed by atoms with E-state index in [-0.39, 0.29) is 30.5 Å². The van der Waals surface area contributed by atoms with Crippen molar-refractivity contribution in [3.63, 3.8) is 0 Å². The molecule has 2 fully saturated rings. The Morgan fingerprint density at radius 3 is 2.26 bits per heavy atom. The van der Waals surface area contributed by atoms with Crippen LogP contribution in [0, 0.1) is 17.3 Å². The van der Waals surface area contributed by atoms with Gasteiger partial charge in [-0.3, -0.25) is 29.2 Å². The van der Waals surface area contributed by atoms with E-state index in [0.29, 0.717) is 17.0 Å². The van der Waals surface area contributed by atoms with E-state index in [1.807, 2.05) is 0 Å². The van der Waals surface area contributed by atoms with E-state index >= 15 is 0 Å². The Bertz CT molecular complexity index is 1440. The number of amides is 2. The van der Waals surface area contributed by atoms with Crippen LogP contribution in [0.5, 0.6) is 0 Å². The summed E-state index contributed by atoms with van der Waals surface area (Å²) in [5.41, 5.74) is -0.853. The number of halogens is 8. The third-order valence-corrected chi connectivity index (χ3v) is 8.13.